The number of carbonyl (C=O) groups is 1. The van der Waals surface area contributed by atoms with Gasteiger partial charge < -0.3 is 10.2 Å². The Labute approximate surface area is 119 Å². The molecule has 0 radical (unpaired) electrons. The summed E-state index contributed by atoms with van der Waals surface area (Å²) < 4.78 is 0. The van der Waals surface area contributed by atoms with E-state index in [1.54, 1.807) is 6.07 Å². The average molecular weight is 285 g/mol. The topological polar surface area (TPSA) is 58.1 Å². The summed E-state index contributed by atoms with van der Waals surface area (Å²) in [6, 6.07) is 1.70. The third-order valence-corrected chi connectivity index (χ3v) is 2.81. The number of aromatic nitrogens is 2. The number of hydrogen-bond acceptors (Lipinski definition) is 4. The summed E-state index contributed by atoms with van der Waals surface area (Å²) in [5, 5.41) is 3.20. The van der Waals surface area contributed by atoms with Crippen molar-refractivity contribution in [3.8, 4) is 0 Å². The van der Waals surface area contributed by atoms with Crippen LogP contribution in [0.4, 0.5) is 5.82 Å². The number of nitrogens with zero attached hydrogens (tertiary/aromatic N) is 3. The normalized spacial score (nSPS) is 10.3. The summed E-state index contributed by atoms with van der Waals surface area (Å²) in [6.45, 7) is 7.54. The molecule has 0 aromatic carbocycles. The molecule has 0 bridgehead atoms. The molecule has 0 spiro atoms. The van der Waals surface area contributed by atoms with Crippen LogP contribution >= 0.6 is 11.6 Å². The molecule has 0 aliphatic heterocycles. The lowest BCUT2D eigenvalue weighted by Crippen LogP contribution is -2.37. The molecule has 106 valence electrons. The molecule has 0 atom stereocenters. The first kappa shape index (κ1) is 15.7. The lowest BCUT2D eigenvalue weighted by molar-refractivity contribution is -0.119. The van der Waals surface area contributed by atoms with Crippen molar-refractivity contribution in [3.05, 3.63) is 17.0 Å². The van der Waals surface area contributed by atoms with Crippen molar-refractivity contribution in [2.24, 2.45) is 0 Å². The molecule has 1 aromatic heterocycles. The molecule has 1 heterocycles. The van der Waals surface area contributed by atoms with Gasteiger partial charge in [-0.1, -0.05) is 18.5 Å². The van der Waals surface area contributed by atoms with Crippen LogP contribution in [0.1, 0.15) is 33.0 Å². The highest BCUT2D eigenvalue weighted by Crippen LogP contribution is 2.16. The van der Waals surface area contributed by atoms with Crippen molar-refractivity contribution in [2.75, 3.05) is 24.5 Å². The van der Waals surface area contributed by atoms with Crippen LogP contribution in [0, 0.1) is 0 Å². The zero-order chi connectivity index (χ0) is 14.3. The number of nitrogens with one attached hydrogen (secondary N) is 1. The summed E-state index contributed by atoms with van der Waals surface area (Å²) in [7, 11) is 0. The maximum atomic E-state index is 11.7. The number of amides is 1. The number of halogens is 1. The van der Waals surface area contributed by atoms with E-state index < -0.39 is 0 Å². The molecule has 0 saturated heterocycles. The fraction of sp³-hybridized carbons (Fsp3) is 0.615. The van der Waals surface area contributed by atoms with Gasteiger partial charge in [-0.25, -0.2) is 9.97 Å². The molecule has 1 amide bonds. The summed E-state index contributed by atoms with van der Waals surface area (Å²) in [6.07, 6.45) is 1.74. The molecule has 5 nitrogen and oxygen atoms in total. The van der Waals surface area contributed by atoms with Crippen LogP contribution in [-0.4, -0.2) is 35.5 Å². The largest absolute Gasteiger partial charge is 0.355 e. The van der Waals surface area contributed by atoms with Gasteiger partial charge in [0.15, 0.2) is 0 Å². The molecule has 0 aliphatic carbocycles. The molecule has 0 aliphatic rings. The van der Waals surface area contributed by atoms with E-state index in [1.165, 1.54) is 0 Å². The van der Waals surface area contributed by atoms with Gasteiger partial charge in [0.2, 0.25) is 5.91 Å². The van der Waals surface area contributed by atoms with Crippen molar-refractivity contribution in [2.45, 2.75) is 33.6 Å². The minimum Gasteiger partial charge on any atom is -0.355 e. The van der Waals surface area contributed by atoms with E-state index in [4.69, 9.17) is 11.6 Å². The Kier molecular flexibility index (Phi) is 6.56. The smallest absolute Gasteiger partial charge is 0.239 e. The maximum absolute atomic E-state index is 11.7. The zero-order valence-corrected chi connectivity index (χ0v) is 12.5. The minimum absolute atomic E-state index is 0.0175. The quantitative estimate of drug-likeness (QED) is 0.779. The van der Waals surface area contributed by atoms with Gasteiger partial charge in [0, 0.05) is 25.6 Å². The van der Waals surface area contributed by atoms with Crippen molar-refractivity contribution in [1.82, 2.24) is 15.3 Å². The summed E-state index contributed by atoms with van der Waals surface area (Å²) >= 11 is 6.01. The van der Waals surface area contributed by atoms with Crippen LogP contribution in [0.15, 0.2) is 6.07 Å². The van der Waals surface area contributed by atoms with Gasteiger partial charge in [-0.2, -0.15) is 0 Å². The van der Waals surface area contributed by atoms with Crippen LogP contribution < -0.4 is 10.2 Å². The highest BCUT2D eigenvalue weighted by molar-refractivity contribution is 6.29. The highest BCUT2D eigenvalue weighted by Gasteiger charge is 2.12. The van der Waals surface area contributed by atoms with E-state index in [1.807, 2.05) is 18.7 Å². The lowest BCUT2D eigenvalue weighted by atomic mass is 10.3. The van der Waals surface area contributed by atoms with E-state index in [9.17, 15) is 4.79 Å². The summed E-state index contributed by atoms with van der Waals surface area (Å²) in [5.74, 6) is 1.41. The number of likely N-dealkylation sites (N-methyl/N-ethyl adjacent to an activating group) is 2. The molecular weight excluding hydrogens is 264 g/mol. The molecule has 1 rings (SSSR count). The number of aryl methyl sites for hydroxylation is 1. The zero-order valence-electron chi connectivity index (χ0n) is 11.7. The Morgan fingerprint density at radius 1 is 1.37 bits per heavy atom. The third kappa shape index (κ3) is 5.03. The van der Waals surface area contributed by atoms with E-state index in [0.29, 0.717) is 24.1 Å². The van der Waals surface area contributed by atoms with Crippen molar-refractivity contribution in [1.29, 1.82) is 0 Å². The van der Waals surface area contributed by atoms with Gasteiger partial charge in [0.25, 0.3) is 0 Å². The molecule has 0 fully saturated rings. The molecular formula is C13H21ClN4O. The summed E-state index contributed by atoms with van der Waals surface area (Å²) in [5.41, 5.74) is 0. The first-order chi connectivity index (χ1) is 9.10. The fourth-order valence-corrected chi connectivity index (χ4v) is 1.93. The molecule has 6 heteroatoms. The van der Waals surface area contributed by atoms with E-state index in [-0.39, 0.29) is 12.5 Å². The number of hydrogen-bond donors (Lipinski definition) is 1. The Bertz CT molecular complexity index is 425. The predicted octanol–water partition coefficient (Wildman–Crippen LogP) is 2.04. The first-order valence-electron chi connectivity index (χ1n) is 6.65. The lowest BCUT2D eigenvalue weighted by Gasteiger charge is -2.21. The average Bonchev–Trinajstić information content (AvgIpc) is 2.36. The van der Waals surface area contributed by atoms with E-state index in [2.05, 4.69) is 22.2 Å². The Morgan fingerprint density at radius 2 is 2.11 bits per heavy atom. The fourth-order valence-electron chi connectivity index (χ4n) is 1.73. The van der Waals surface area contributed by atoms with Crippen molar-refractivity contribution < 1.29 is 4.79 Å². The van der Waals surface area contributed by atoms with Gasteiger partial charge in [0.05, 0.1) is 6.54 Å². The van der Waals surface area contributed by atoms with E-state index in [0.717, 1.165) is 18.7 Å². The highest BCUT2D eigenvalue weighted by atomic mass is 35.5. The van der Waals surface area contributed by atoms with Crippen LogP contribution in [0.25, 0.3) is 0 Å². The SMILES string of the molecule is CCCc1nc(Cl)cc(N(CC)CC(=O)NCC)n1. The van der Waals surface area contributed by atoms with Crippen LogP contribution in [-0.2, 0) is 11.2 Å². The van der Waals surface area contributed by atoms with Gasteiger partial charge in [-0.3, -0.25) is 4.79 Å². The van der Waals surface area contributed by atoms with Crippen LogP contribution in [0.3, 0.4) is 0 Å². The van der Waals surface area contributed by atoms with E-state index >= 15 is 0 Å². The van der Waals surface area contributed by atoms with Gasteiger partial charge in [-0.05, 0) is 20.3 Å². The van der Waals surface area contributed by atoms with Crippen LogP contribution in [0.2, 0.25) is 5.15 Å². The molecule has 0 saturated carbocycles. The van der Waals surface area contributed by atoms with Gasteiger partial charge in [-0.15, -0.1) is 0 Å². The third-order valence-electron chi connectivity index (χ3n) is 2.62. The number of carbonyl (C=O) groups excluding carboxylic acids is 1. The standard InChI is InChI=1S/C13H21ClN4O/c1-4-7-11-16-10(14)8-12(17-11)18(6-3)9-13(19)15-5-2/h8H,4-7,9H2,1-3H3,(H,15,19). The second-order valence-corrected chi connectivity index (χ2v) is 4.57. The van der Waals surface area contributed by atoms with Crippen molar-refractivity contribution in [3.63, 3.8) is 0 Å². The molecule has 1 N–H and O–H groups in total. The summed E-state index contributed by atoms with van der Waals surface area (Å²) in [4.78, 5) is 22.2. The van der Waals surface area contributed by atoms with Crippen molar-refractivity contribution >= 4 is 23.3 Å². The van der Waals surface area contributed by atoms with Crippen LogP contribution in [0.5, 0.6) is 0 Å². The molecule has 1 aromatic rings. The number of rotatable bonds is 7. The molecule has 0 unspecified atom stereocenters. The number of anilines is 1. The Balaban J connectivity index is 2.87. The monoisotopic (exact) mass is 284 g/mol. The first-order valence-corrected chi connectivity index (χ1v) is 7.03. The predicted molar refractivity (Wildman–Crippen MR) is 77.6 cm³/mol. The Morgan fingerprint density at radius 3 is 2.68 bits per heavy atom. The van der Waals surface area contributed by atoms with Gasteiger partial charge >= 0.3 is 0 Å². The Hall–Kier alpha value is -1.36. The maximum Gasteiger partial charge on any atom is 0.239 e. The van der Waals surface area contributed by atoms with Gasteiger partial charge in [0.1, 0.15) is 16.8 Å². The second-order valence-electron chi connectivity index (χ2n) is 4.18. The molecule has 19 heavy (non-hydrogen) atoms. The minimum atomic E-state index is -0.0175. The second kappa shape index (κ2) is 7.94.